The number of amides is 1. The zero-order chi connectivity index (χ0) is 16.3. The number of hydrogen-bond acceptors (Lipinski definition) is 4. The van der Waals surface area contributed by atoms with E-state index in [4.69, 9.17) is 21.1 Å². The monoisotopic (exact) mass is 327 g/mol. The number of phenols is 1. The first-order chi connectivity index (χ1) is 10.3. The van der Waals surface area contributed by atoms with Gasteiger partial charge in [0.15, 0.2) is 0 Å². The van der Waals surface area contributed by atoms with Crippen molar-refractivity contribution in [3.05, 3.63) is 28.8 Å². The molecule has 1 amide bonds. The highest BCUT2D eigenvalue weighted by atomic mass is 35.5. The van der Waals surface area contributed by atoms with Crippen molar-refractivity contribution >= 4 is 17.7 Å². The highest BCUT2D eigenvalue weighted by Crippen LogP contribution is 2.25. The van der Waals surface area contributed by atoms with Gasteiger partial charge in [-0.15, -0.1) is 0 Å². The minimum absolute atomic E-state index is 0.0503. The first-order valence-electron chi connectivity index (χ1n) is 7.31. The van der Waals surface area contributed by atoms with Crippen LogP contribution in [0.25, 0.3) is 0 Å². The lowest BCUT2D eigenvalue weighted by Crippen LogP contribution is -2.51. The van der Waals surface area contributed by atoms with Crippen molar-refractivity contribution in [2.45, 2.75) is 38.8 Å². The number of aromatic hydroxyl groups is 1. The summed E-state index contributed by atoms with van der Waals surface area (Å²) in [6.07, 6.45) is 0.268. The van der Waals surface area contributed by atoms with Crippen LogP contribution in [0.5, 0.6) is 5.75 Å². The summed E-state index contributed by atoms with van der Waals surface area (Å²) in [6.45, 7) is 7.01. The molecule has 0 radical (unpaired) electrons. The molecule has 0 aromatic heterocycles. The predicted molar refractivity (Wildman–Crippen MR) is 84.4 cm³/mol. The number of ether oxygens (including phenoxy) is 2. The standard InChI is InChI=1S/C16H22ClNO4/c1-16(2,3)22-15(20)18-6-7-21-10-12(18)8-11-4-5-14(19)13(17)9-11/h4-5,9,12,19H,6-8,10H2,1-3H3. The zero-order valence-electron chi connectivity index (χ0n) is 13.1. The molecular weight excluding hydrogens is 306 g/mol. The van der Waals surface area contributed by atoms with Crippen molar-refractivity contribution < 1.29 is 19.4 Å². The summed E-state index contributed by atoms with van der Waals surface area (Å²) in [4.78, 5) is 14.0. The van der Waals surface area contributed by atoms with E-state index >= 15 is 0 Å². The van der Waals surface area contributed by atoms with Crippen molar-refractivity contribution in [1.29, 1.82) is 0 Å². The maximum Gasteiger partial charge on any atom is 0.410 e. The van der Waals surface area contributed by atoms with E-state index in [1.807, 2.05) is 20.8 Å². The van der Waals surface area contributed by atoms with Gasteiger partial charge in [0.05, 0.1) is 24.3 Å². The lowest BCUT2D eigenvalue weighted by molar-refractivity contribution is -0.0319. The minimum Gasteiger partial charge on any atom is -0.506 e. The van der Waals surface area contributed by atoms with Gasteiger partial charge in [0.25, 0.3) is 0 Å². The third kappa shape index (κ3) is 4.52. The summed E-state index contributed by atoms with van der Waals surface area (Å²) in [7, 11) is 0. The SMILES string of the molecule is CC(C)(C)OC(=O)N1CCOCC1Cc1ccc(O)c(Cl)c1. The van der Waals surface area contributed by atoms with Gasteiger partial charge in [-0.05, 0) is 44.9 Å². The van der Waals surface area contributed by atoms with Crippen molar-refractivity contribution in [3.63, 3.8) is 0 Å². The molecule has 2 rings (SSSR count). The Hall–Kier alpha value is -1.46. The van der Waals surface area contributed by atoms with E-state index in [-0.39, 0.29) is 17.9 Å². The Kier molecular flexibility index (Phi) is 5.19. The molecule has 22 heavy (non-hydrogen) atoms. The molecule has 1 fully saturated rings. The molecule has 1 unspecified atom stereocenters. The quantitative estimate of drug-likeness (QED) is 0.906. The van der Waals surface area contributed by atoms with Crippen molar-refractivity contribution in [2.75, 3.05) is 19.8 Å². The van der Waals surface area contributed by atoms with Crippen LogP contribution in [0, 0.1) is 0 Å². The topological polar surface area (TPSA) is 59.0 Å². The number of rotatable bonds is 2. The second kappa shape index (κ2) is 6.75. The molecule has 1 heterocycles. The Labute approximate surface area is 135 Å². The number of carbonyl (C=O) groups is 1. The molecule has 1 N–H and O–H groups in total. The molecule has 1 aliphatic heterocycles. The number of nitrogens with zero attached hydrogens (tertiary/aromatic N) is 1. The molecule has 0 saturated carbocycles. The normalized spacial score (nSPS) is 19.1. The third-order valence-corrected chi connectivity index (χ3v) is 3.64. The maximum atomic E-state index is 12.3. The van der Waals surface area contributed by atoms with Crippen LogP contribution in [-0.4, -0.2) is 47.5 Å². The Balaban J connectivity index is 2.09. The second-order valence-electron chi connectivity index (χ2n) is 6.39. The van der Waals surface area contributed by atoms with E-state index in [9.17, 15) is 9.90 Å². The van der Waals surface area contributed by atoms with Gasteiger partial charge in [-0.25, -0.2) is 4.79 Å². The van der Waals surface area contributed by atoms with Gasteiger partial charge in [0.2, 0.25) is 0 Å². The van der Waals surface area contributed by atoms with Gasteiger partial charge in [-0.1, -0.05) is 17.7 Å². The van der Waals surface area contributed by atoms with Gasteiger partial charge < -0.3 is 19.5 Å². The van der Waals surface area contributed by atoms with Crippen LogP contribution in [0.1, 0.15) is 26.3 Å². The first-order valence-corrected chi connectivity index (χ1v) is 7.69. The van der Waals surface area contributed by atoms with E-state index < -0.39 is 5.60 Å². The van der Waals surface area contributed by atoms with Crippen LogP contribution in [0.2, 0.25) is 5.02 Å². The zero-order valence-corrected chi connectivity index (χ0v) is 13.9. The van der Waals surface area contributed by atoms with E-state index in [0.717, 1.165) is 5.56 Å². The molecule has 1 atom stereocenters. The molecule has 1 saturated heterocycles. The molecule has 1 aromatic rings. The number of halogens is 1. The number of hydrogen-bond donors (Lipinski definition) is 1. The summed E-state index contributed by atoms with van der Waals surface area (Å²) in [6, 6.07) is 4.95. The van der Waals surface area contributed by atoms with Gasteiger partial charge in [0.1, 0.15) is 11.4 Å². The lowest BCUT2D eigenvalue weighted by Gasteiger charge is -2.36. The van der Waals surface area contributed by atoms with Crippen LogP contribution in [0.15, 0.2) is 18.2 Å². The van der Waals surface area contributed by atoms with Gasteiger partial charge in [-0.2, -0.15) is 0 Å². The number of benzene rings is 1. The molecule has 1 aliphatic rings. The van der Waals surface area contributed by atoms with Crippen LogP contribution in [0.3, 0.4) is 0 Å². The molecule has 122 valence electrons. The fourth-order valence-electron chi connectivity index (χ4n) is 2.33. The van der Waals surface area contributed by atoms with Crippen LogP contribution in [-0.2, 0) is 15.9 Å². The van der Waals surface area contributed by atoms with E-state index in [1.165, 1.54) is 0 Å². The molecule has 0 aliphatic carbocycles. The number of morpholine rings is 1. The third-order valence-electron chi connectivity index (χ3n) is 3.34. The van der Waals surface area contributed by atoms with Crippen molar-refractivity contribution in [1.82, 2.24) is 4.90 Å². The molecule has 1 aromatic carbocycles. The maximum absolute atomic E-state index is 12.3. The minimum atomic E-state index is -0.526. The van der Waals surface area contributed by atoms with Gasteiger partial charge >= 0.3 is 6.09 Å². The number of phenolic OH excluding ortho intramolecular Hbond substituents is 1. The average molecular weight is 328 g/mol. The molecule has 5 nitrogen and oxygen atoms in total. The van der Waals surface area contributed by atoms with E-state index in [0.29, 0.717) is 31.2 Å². The van der Waals surface area contributed by atoms with Crippen LogP contribution >= 0.6 is 11.6 Å². The largest absolute Gasteiger partial charge is 0.506 e. The fourth-order valence-corrected chi connectivity index (χ4v) is 2.54. The Bertz CT molecular complexity index is 541. The summed E-state index contributed by atoms with van der Waals surface area (Å²) in [5.74, 6) is 0.0503. The Morgan fingerprint density at radius 1 is 1.50 bits per heavy atom. The predicted octanol–water partition coefficient (Wildman–Crippen LogP) is 3.22. The van der Waals surface area contributed by atoms with E-state index in [2.05, 4.69) is 0 Å². The van der Waals surface area contributed by atoms with Gasteiger partial charge in [0, 0.05) is 6.54 Å². The van der Waals surface area contributed by atoms with Crippen LogP contribution < -0.4 is 0 Å². The van der Waals surface area contributed by atoms with Crippen molar-refractivity contribution in [3.8, 4) is 5.75 Å². The fraction of sp³-hybridized carbons (Fsp3) is 0.562. The Morgan fingerprint density at radius 3 is 2.86 bits per heavy atom. The van der Waals surface area contributed by atoms with E-state index in [1.54, 1.807) is 23.1 Å². The second-order valence-corrected chi connectivity index (χ2v) is 6.80. The van der Waals surface area contributed by atoms with Crippen LogP contribution in [0.4, 0.5) is 4.79 Å². The number of carbonyl (C=O) groups excluding carboxylic acids is 1. The van der Waals surface area contributed by atoms with Gasteiger partial charge in [-0.3, -0.25) is 0 Å². The summed E-state index contributed by atoms with van der Waals surface area (Å²) in [5.41, 5.74) is 0.411. The lowest BCUT2D eigenvalue weighted by atomic mass is 10.0. The highest BCUT2D eigenvalue weighted by molar-refractivity contribution is 6.32. The molecule has 0 spiro atoms. The smallest absolute Gasteiger partial charge is 0.410 e. The average Bonchev–Trinajstić information content (AvgIpc) is 2.41. The molecule has 0 bridgehead atoms. The molecule has 6 heteroatoms. The van der Waals surface area contributed by atoms with Crippen molar-refractivity contribution in [2.24, 2.45) is 0 Å². The first kappa shape index (κ1) is 16.9. The summed E-state index contributed by atoms with van der Waals surface area (Å²) >= 11 is 5.93. The molecular formula is C16H22ClNO4. The summed E-state index contributed by atoms with van der Waals surface area (Å²) < 4.78 is 10.9. The Morgan fingerprint density at radius 2 is 2.23 bits per heavy atom. The highest BCUT2D eigenvalue weighted by Gasteiger charge is 2.31. The summed E-state index contributed by atoms with van der Waals surface area (Å²) in [5, 5.41) is 9.78.